The van der Waals surface area contributed by atoms with Gasteiger partial charge >= 0.3 is 0 Å². The van der Waals surface area contributed by atoms with E-state index in [2.05, 4.69) is 15.4 Å². The summed E-state index contributed by atoms with van der Waals surface area (Å²) in [6.45, 7) is 4.40. The first-order valence-corrected chi connectivity index (χ1v) is 9.71. The molecular weight excluding hydrogens is 358 g/mol. The maximum Gasteiger partial charge on any atom is 0.145 e. The van der Waals surface area contributed by atoms with Gasteiger partial charge in [-0.25, -0.2) is 4.98 Å². The lowest BCUT2D eigenvalue weighted by Crippen LogP contribution is -2.33. The summed E-state index contributed by atoms with van der Waals surface area (Å²) in [4.78, 5) is 11.6. The number of nitrogens with zero attached hydrogens (tertiary/aromatic N) is 2. The van der Waals surface area contributed by atoms with E-state index in [0.717, 1.165) is 47.1 Å². The molecule has 7 heteroatoms. The smallest absolute Gasteiger partial charge is 0.145 e. The maximum atomic E-state index is 6.38. The molecule has 25 heavy (non-hydrogen) atoms. The third-order valence-corrected chi connectivity index (χ3v) is 5.32. The van der Waals surface area contributed by atoms with Crippen LogP contribution in [0.3, 0.4) is 0 Å². The van der Waals surface area contributed by atoms with Gasteiger partial charge in [-0.15, -0.1) is 0 Å². The highest BCUT2D eigenvalue weighted by atomic mass is 35.5. The van der Waals surface area contributed by atoms with E-state index in [-0.39, 0.29) is 0 Å². The van der Waals surface area contributed by atoms with Gasteiger partial charge in [0.25, 0.3) is 0 Å². The summed E-state index contributed by atoms with van der Waals surface area (Å²) in [6.07, 6.45) is 1.76. The third-order valence-electron chi connectivity index (χ3n) is 4.05. The molecule has 1 aromatic carbocycles. The van der Waals surface area contributed by atoms with E-state index < -0.39 is 0 Å². The van der Waals surface area contributed by atoms with Crippen LogP contribution in [0.15, 0.2) is 30.5 Å². The summed E-state index contributed by atoms with van der Waals surface area (Å²) in [5, 5.41) is 0.490. The first-order chi connectivity index (χ1) is 12.2. The van der Waals surface area contributed by atoms with Crippen molar-refractivity contribution in [3.63, 3.8) is 0 Å². The SMILES string of the molecule is CONc1cc(C)ccc1OCc1c(N2CCSCC2)ccnc1Cl. The van der Waals surface area contributed by atoms with Gasteiger partial charge in [-0.2, -0.15) is 11.8 Å². The molecule has 5 nitrogen and oxygen atoms in total. The van der Waals surface area contributed by atoms with Crippen molar-refractivity contribution in [1.82, 2.24) is 4.98 Å². The Morgan fingerprint density at radius 1 is 1.28 bits per heavy atom. The number of hydrogen-bond acceptors (Lipinski definition) is 6. The summed E-state index contributed by atoms with van der Waals surface area (Å²) < 4.78 is 6.04. The van der Waals surface area contributed by atoms with Crippen LogP contribution in [0.2, 0.25) is 5.15 Å². The van der Waals surface area contributed by atoms with Crippen molar-refractivity contribution < 1.29 is 9.57 Å². The average molecular weight is 380 g/mol. The van der Waals surface area contributed by atoms with Crippen molar-refractivity contribution in [3.8, 4) is 5.75 Å². The number of thioether (sulfide) groups is 1. The summed E-state index contributed by atoms with van der Waals surface area (Å²) in [7, 11) is 1.58. The van der Waals surface area contributed by atoms with Crippen LogP contribution in [0, 0.1) is 6.92 Å². The van der Waals surface area contributed by atoms with Gasteiger partial charge in [0.05, 0.1) is 12.7 Å². The fourth-order valence-corrected chi connectivity index (χ4v) is 3.91. The second-order valence-corrected chi connectivity index (χ2v) is 7.38. The minimum atomic E-state index is 0.354. The van der Waals surface area contributed by atoms with Crippen LogP contribution in [0.4, 0.5) is 11.4 Å². The molecule has 3 rings (SSSR count). The van der Waals surface area contributed by atoms with Crippen molar-refractivity contribution in [1.29, 1.82) is 0 Å². The van der Waals surface area contributed by atoms with Crippen LogP contribution < -0.4 is 15.1 Å². The van der Waals surface area contributed by atoms with E-state index in [4.69, 9.17) is 21.2 Å². The zero-order valence-corrected chi connectivity index (χ0v) is 16.0. The Kier molecular flexibility index (Phi) is 6.29. The van der Waals surface area contributed by atoms with Crippen molar-refractivity contribution in [2.75, 3.05) is 42.1 Å². The molecule has 0 saturated carbocycles. The zero-order chi connectivity index (χ0) is 17.6. The van der Waals surface area contributed by atoms with E-state index in [9.17, 15) is 0 Å². The van der Waals surface area contributed by atoms with Crippen LogP contribution in [0.25, 0.3) is 0 Å². The third kappa shape index (κ3) is 4.51. The molecular formula is C18H22ClN3O2S. The molecule has 0 radical (unpaired) electrons. The highest BCUT2D eigenvalue weighted by Crippen LogP contribution is 2.31. The predicted octanol–water partition coefficient (Wildman–Crippen LogP) is 4.15. The fourth-order valence-electron chi connectivity index (χ4n) is 2.80. The van der Waals surface area contributed by atoms with Crippen molar-refractivity contribution >= 4 is 34.7 Å². The predicted molar refractivity (Wildman–Crippen MR) is 105 cm³/mol. The maximum absolute atomic E-state index is 6.38. The van der Waals surface area contributed by atoms with E-state index in [1.54, 1.807) is 13.3 Å². The van der Waals surface area contributed by atoms with Crippen LogP contribution in [-0.2, 0) is 11.4 Å². The van der Waals surface area contributed by atoms with Gasteiger partial charge in [0.1, 0.15) is 23.2 Å². The van der Waals surface area contributed by atoms with Gasteiger partial charge in [0.15, 0.2) is 0 Å². The number of pyridine rings is 1. The highest BCUT2D eigenvalue weighted by Gasteiger charge is 2.18. The Morgan fingerprint density at radius 2 is 2.08 bits per heavy atom. The number of halogens is 1. The molecule has 1 aliphatic heterocycles. The molecule has 134 valence electrons. The largest absolute Gasteiger partial charge is 0.486 e. The van der Waals surface area contributed by atoms with Gasteiger partial charge < -0.3 is 9.64 Å². The minimum Gasteiger partial charge on any atom is -0.486 e. The van der Waals surface area contributed by atoms with Crippen molar-refractivity contribution in [3.05, 3.63) is 46.7 Å². The summed E-state index contributed by atoms with van der Waals surface area (Å²) in [5.74, 6) is 2.97. The van der Waals surface area contributed by atoms with Crippen molar-refractivity contribution in [2.24, 2.45) is 0 Å². The van der Waals surface area contributed by atoms with Crippen LogP contribution in [-0.4, -0.2) is 36.7 Å². The molecule has 2 heterocycles. The second-order valence-electron chi connectivity index (χ2n) is 5.79. The van der Waals surface area contributed by atoms with Crippen LogP contribution in [0.1, 0.15) is 11.1 Å². The lowest BCUT2D eigenvalue weighted by atomic mass is 10.2. The van der Waals surface area contributed by atoms with Gasteiger partial charge in [-0.1, -0.05) is 17.7 Å². The Balaban J connectivity index is 1.81. The normalized spacial score (nSPS) is 14.4. The Bertz CT molecular complexity index is 723. The Labute approximate surface area is 157 Å². The highest BCUT2D eigenvalue weighted by molar-refractivity contribution is 7.99. The monoisotopic (exact) mass is 379 g/mol. The second kappa shape index (κ2) is 8.65. The fraction of sp³-hybridized carbons (Fsp3) is 0.389. The number of benzene rings is 1. The van der Waals surface area contributed by atoms with E-state index >= 15 is 0 Å². The molecule has 0 unspecified atom stereocenters. The van der Waals surface area contributed by atoms with Gasteiger partial charge in [-0.05, 0) is 30.7 Å². The number of rotatable bonds is 6. The lowest BCUT2D eigenvalue weighted by Gasteiger charge is -2.30. The number of aryl methyl sites for hydroxylation is 1. The number of anilines is 2. The standard InChI is InChI=1S/C18H22ClN3O2S/c1-13-3-4-17(15(11-13)21-23-2)24-12-14-16(5-6-20-18(14)19)22-7-9-25-10-8-22/h3-6,11,21H,7-10,12H2,1-2H3. The van der Waals surface area contributed by atoms with Crippen LogP contribution >= 0.6 is 23.4 Å². The zero-order valence-electron chi connectivity index (χ0n) is 14.4. The van der Waals surface area contributed by atoms with E-state index in [0.29, 0.717) is 17.5 Å². The van der Waals surface area contributed by atoms with E-state index in [1.807, 2.05) is 43.0 Å². The molecule has 0 aliphatic carbocycles. The average Bonchev–Trinajstić information content (AvgIpc) is 2.63. The van der Waals surface area contributed by atoms with Gasteiger partial charge in [0.2, 0.25) is 0 Å². The Morgan fingerprint density at radius 3 is 2.84 bits per heavy atom. The minimum absolute atomic E-state index is 0.354. The molecule has 1 aromatic heterocycles. The number of nitrogens with one attached hydrogen (secondary N) is 1. The molecule has 0 spiro atoms. The topological polar surface area (TPSA) is 46.6 Å². The quantitative estimate of drug-likeness (QED) is 0.601. The number of aromatic nitrogens is 1. The molecule has 0 atom stereocenters. The van der Waals surface area contributed by atoms with Crippen molar-refractivity contribution in [2.45, 2.75) is 13.5 Å². The van der Waals surface area contributed by atoms with Gasteiger partial charge in [0, 0.05) is 36.5 Å². The van der Waals surface area contributed by atoms with Gasteiger partial charge in [-0.3, -0.25) is 10.3 Å². The van der Waals surface area contributed by atoms with E-state index in [1.165, 1.54) is 0 Å². The summed E-state index contributed by atoms with van der Waals surface area (Å²) >= 11 is 8.36. The lowest BCUT2D eigenvalue weighted by molar-refractivity contribution is 0.262. The number of hydrogen-bond donors (Lipinski definition) is 1. The number of ether oxygens (including phenoxy) is 1. The molecule has 2 aromatic rings. The first kappa shape index (κ1) is 18.2. The molecule has 1 fully saturated rings. The molecule has 1 aliphatic rings. The summed E-state index contributed by atoms with van der Waals surface area (Å²) in [5.41, 5.74) is 6.79. The molecule has 0 bridgehead atoms. The summed E-state index contributed by atoms with van der Waals surface area (Å²) in [6, 6.07) is 7.93. The molecule has 1 saturated heterocycles. The molecule has 1 N–H and O–H groups in total. The van der Waals surface area contributed by atoms with Crippen LogP contribution in [0.5, 0.6) is 5.75 Å². The first-order valence-electron chi connectivity index (χ1n) is 8.17. The Hall–Kier alpha value is -1.63. The molecule has 0 amide bonds.